The third-order valence-electron chi connectivity index (χ3n) is 4.69. The number of ether oxygens (including phenoxy) is 1. The molecule has 3 heterocycles. The van der Waals surface area contributed by atoms with E-state index >= 15 is 0 Å². The first-order chi connectivity index (χ1) is 15.4. The van der Waals surface area contributed by atoms with Crippen LogP contribution in [0.2, 0.25) is 0 Å². The topological polar surface area (TPSA) is 138 Å². The van der Waals surface area contributed by atoms with Gasteiger partial charge < -0.3 is 15.2 Å². The molecule has 3 amide bonds. The van der Waals surface area contributed by atoms with Crippen LogP contribution < -0.4 is 10.6 Å². The molecule has 3 N–H and O–H groups in total. The molecule has 12 heteroatoms. The van der Waals surface area contributed by atoms with E-state index in [9.17, 15) is 24.3 Å². The zero-order chi connectivity index (χ0) is 24.5. The molecule has 1 fully saturated rings. The lowest BCUT2D eigenvalue weighted by molar-refractivity contribution is -0.150. The van der Waals surface area contributed by atoms with Crippen molar-refractivity contribution in [3.63, 3.8) is 0 Å². The van der Waals surface area contributed by atoms with Gasteiger partial charge in [-0.15, -0.1) is 23.1 Å². The van der Waals surface area contributed by atoms with E-state index in [1.165, 1.54) is 16.7 Å². The predicted octanol–water partition coefficient (Wildman–Crippen LogP) is 3.04. The summed E-state index contributed by atoms with van der Waals surface area (Å²) in [7, 11) is 0. The van der Waals surface area contributed by atoms with Gasteiger partial charge in [0.25, 0.3) is 11.8 Å². The molecule has 2 aliphatic heterocycles. The normalized spacial score (nSPS) is 20.7. The molecule has 0 aliphatic carbocycles. The van der Waals surface area contributed by atoms with Crippen LogP contribution in [0.15, 0.2) is 22.7 Å². The highest BCUT2D eigenvalue weighted by Crippen LogP contribution is 2.40. The molecule has 0 radical (unpaired) electrons. The number of nitrogens with zero attached hydrogens (tertiary/aromatic N) is 2. The van der Waals surface area contributed by atoms with Crippen molar-refractivity contribution in [1.29, 1.82) is 0 Å². The van der Waals surface area contributed by atoms with E-state index in [1.54, 1.807) is 39.2 Å². The van der Waals surface area contributed by atoms with Gasteiger partial charge >= 0.3 is 12.1 Å². The molecular weight excluding hydrogens is 468 g/mol. The third-order valence-corrected chi connectivity index (χ3v) is 6.87. The van der Waals surface area contributed by atoms with Crippen LogP contribution in [0.3, 0.4) is 0 Å². The van der Waals surface area contributed by atoms with E-state index in [1.807, 2.05) is 6.92 Å². The molecule has 0 saturated carbocycles. The number of carbonyl (C=O) groups is 4. The van der Waals surface area contributed by atoms with E-state index < -0.39 is 40.9 Å². The average molecular weight is 495 g/mol. The number of nitrogens with one attached hydrogen (secondary N) is 2. The minimum atomic E-state index is -1.16. The van der Waals surface area contributed by atoms with Crippen molar-refractivity contribution in [1.82, 2.24) is 15.2 Å². The summed E-state index contributed by atoms with van der Waals surface area (Å²) in [4.78, 5) is 54.7. The van der Waals surface area contributed by atoms with Crippen molar-refractivity contribution in [2.24, 2.45) is 0 Å². The zero-order valence-electron chi connectivity index (χ0n) is 18.9. The number of carboxylic acids is 1. The van der Waals surface area contributed by atoms with E-state index in [0.29, 0.717) is 23.4 Å². The number of anilines is 1. The lowest BCUT2D eigenvalue weighted by Gasteiger charge is -2.49. The number of thioether (sulfide) groups is 1. The molecule has 2 atom stereocenters. The van der Waals surface area contributed by atoms with Crippen molar-refractivity contribution < 1.29 is 29.0 Å². The van der Waals surface area contributed by atoms with Gasteiger partial charge in [-0.25, -0.2) is 14.6 Å². The number of allylic oxidation sites excluding steroid dienone is 1. The standard InChI is InChI=1S/C21H26N4O6S2/c1-6-7-11(12-9-33-19(22-12)24-20(30)31-21(3,4)5)15(26)23-13-16(27)25-14(18(28)29)10(2)8-32-17(13)25/h7,9,13,17H,6,8H2,1-5H3,(H,23,26)(H,28,29)(H,22,24,30)/b11-7-/t13-,17-/m1/s1. The van der Waals surface area contributed by atoms with Crippen molar-refractivity contribution in [2.45, 2.75) is 58.1 Å². The number of aliphatic carboxylic acids is 1. The van der Waals surface area contributed by atoms with Gasteiger partial charge in [-0.05, 0) is 39.7 Å². The summed E-state index contributed by atoms with van der Waals surface area (Å²) in [5.74, 6) is -1.65. The maximum absolute atomic E-state index is 13.0. The molecule has 1 aromatic heterocycles. The van der Waals surface area contributed by atoms with E-state index in [4.69, 9.17) is 4.74 Å². The summed E-state index contributed by atoms with van der Waals surface area (Å²) < 4.78 is 5.21. The maximum atomic E-state index is 13.0. The van der Waals surface area contributed by atoms with Crippen LogP contribution in [0.5, 0.6) is 0 Å². The lowest BCUT2D eigenvalue weighted by Crippen LogP contribution is -2.70. The Morgan fingerprint density at radius 1 is 1.36 bits per heavy atom. The molecule has 2 aliphatic rings. The van der Waals surface area contributed by atoms with E-state index in [-0.39, 0.29) is 16.4 Å². The second-order valence-corrected chi connectivity index (χ2v) is 10.4. The van der Waals surface area contributed by atoms with Crippen LogP contribution in [0.25, 0.3) is 5.57 Å². The third kappa shape index (κ3) is 5.38. The van der Waals surface area contributed by atoms with Crippen LogP contribution in [-0.4, -0.2) is 61.6 Å². The van der Waals surface area contributed by atoms with Crippen LogP contribution in [0.4, 0.5) is 9.93 Å². The number of carboxylic acid groups (broad SMARTS) is 1. The number of β-lactam (4-membered cyclic amide) rings is 1. The molecular formula is C21H26N4O6S2. The molecule has 1 aromatic rings. The molecule has 0 aromatic carbocycles. The van der Waals surface area contributed by atoms with Gasteiger partial charge in [0, 0.05) is 11.1 Å². The van der Waals surface area contributed by atoms with Gasteiger partial charge in [0.2, 0.25) is 0 Å². The summed E-state index contributed by atoms with van der Waals surface area (Å²) in [6, 6.07) is -0.830. The van der Waals surface area contributed by atoms with Gasteiger partial charge in [0.1, 0.15) is 22.7 Å². The minimum Gasteiger partial charge on any atom is -0.477 e. The Bertz CT molecular complexity index is 1060. The molecule has 178 valence electrons. The Labute approximate surface area is 199 Å². The van der Waals surface area contributed by atoms with Gasteiger partial charge in [0.05, 0.1) is 11.3 Å². The first kappa shape index (κ1) is 24.8. The number of hydrogen-bond acceptors (Lipinski definition) is 8. The van der Waals surface area contributed by atoms with Crippen molar-refractivity contribution in [3.8, 4) is 0 Å². The first-order valence-corrected chi connectivity index (χ1v) is 12.2. The SMILES string of the molecule is CC/C=C(\C(=O)N[C@@H]1C(=O)N2C(C(=O)O)=C(C)CS[C@H]12)c1csc(NC(=O)OC(C)(C)C)n1. The zero-order valence-corrected chi connectivity index (χ0v) is 20.6. The highest BCUT2D eigenvalue weighted by Gasteiger charge is 2.53. The van der Waals surface area contributed by atoms with Gasteiger partial charge in [0.15, 0.2) is 5.13 Å². The number of amides is 3. The second kappa shape index (κ2) is 9.56. The molecule has 0 bridgehead atoms. The number of fused-ring (bicyclic) bond motifs is 1. The fourth-order valence-corrected chi connectivity index (χ4v) is 5.35. The summed E-state index contributed by atoms with van der Waals surface area (Å²) >= 11 is 2.55. The number of hydrogen-bond donors (Lipinski definition) is 3. The average Bonchev–Trinajstić information content (AvgIpc) is 3.15. The van der Waals surface area contributed by atoms with Gasteiger partial charge in [-0.2, -0.15) is 0 Å². The monoisotopic (exact) mass is 494 g/mol. The fourth-order valence-electron chi connectivity index (χ4n) is 3.36. The van der Waals surface area contributed by atoms with Crippen molar-refractivity contribution in [2.75, 3.05) is 11.1 Å². The summed E-state index contributed by atoms with van der Waals surface area (Å²) in [6.45, 7) is 8.78. The fraction of sp³-hybridized carbons (Fsp3) is 0.476. The second-order valence-electron chi connectivity index (χ2n) is 8.49. The summed E-state index contributed by atoms with van der Waals surface area (Å²) in [5.41, 5.74) is 0.554. The Morgan fingerprint density at radius 3 is 2.67 bits per heavy atom. The van der Waals surface area contributed by atoms with E-state index in [2.05, 4.69) is 15.6 Å². The molecule has 1 saturated heterocycles. The van der Waals surface area contributed by atoms with Crippen LogP contribution in [-0.2, 0) is 19.1 Å². The van der Waals surface area contributed by atoms with Crippen LogP contribution >= 0.6 is 23.1 Å². The highest BCUT2D eigenvalue weighted by molar-refractivity contribution is 8.00. The van der Waals surface area contributed by atoms with Crippen molar-refractivity contribution >= 4 is 57.7 Å². The van der Waals surface area contributed by atoms with Crippen LogP contribution in [0.1, 0.15) is 46.7 Å². The number of carbonyl (C=O) groups excluding carboxylic acids is 3. The molecule has 0 unspecified atom stereocenters. The Balaban J connectivity index is 1.71. The first-order valence-electron chi connectivity index (χ1n) is 10.3. The van der Waals surface area contributed by atoms with E-state index in [0.717, 1.165) is 11.3 Å². The largest absolute Gasteiger partial charge is 0.477 e. The smallest absolute Gasteiger partial charge is 0.413 e. The number of thiazole rings is 1. The predicted molar refractivity (Wildman–Crippen MR) is 126 cm³/mol. The molecule has 0 spiro atoms. The van der Waals surface area contributed by atoms with Gasteiger partial charge in [-0.1, -0.05) is 13.0 Å². The number of rotatable bonds is 6. The lowest BCUT2D eigenvalue weighted by atomic mass is 10.0. The molecule has 33 heavy (non-hydrogen) atoms. The highest BCUT2D eigenvalue weighted by atomic mass is 32.2. The summed E-state index contributed by atoms with van der Waals surface area (Å²) in [5, 5.41) is 16.1. The minimum absolute atomic E-state index is 0.0177. The molecule has 10 nitrogen and oxygen atoms in total. The Kier molecular flexibility index (Phi) is 7.17. The Hall–Kier alpha value is -2.86. The van der Waals surface area contributed by atoms with Gasteiger partial charge in [-0.3, -0.25) is 19.8 Å². The van der Waals surface area contributed by atoms with Crippen molar-refractivity contribution in [3.05, 3.63) is 28.4 Å². The van der Waals surface area contributed by atoms with Crippen LogP contribution in [0, 0.1) is 0 Å². The Morgan fingerprint density at radius 2 is 2.06 bits per heavy atom. The maximum Gasteiger partial charge on any atom is 0.413 e. The quantitative estimate of drug-likeness (QED) is 0.405. The molecule has 3 rings (SSSR count). The summed E-state index contributed by atoms with van der Waals surface area (Å²) in [6.07, 6.45) is 1.58. The number of aromatic nitrogens is 1.